The molecule has 19 heavy (non-hydrogen) atoms. The van der Waals surface area contributed by atoms with Crippen molar-refractivity contribution in [2.24, 2.45) is 5.73 Å². The summed E-state index contributed by atoms with van der Waals surface area (Å²) in [5, 5.41) is 11.3. The predicted molar refractivity (Wildman–Crippen MR) is 70.9 cm³/mol. The number of benzene rings is 1. The van der Waals surface area contributed by atoms with Gasteiger partial charge in [0.05, 0.1) is 18.9 Å². The number of anilines is 1. The molecule has 1 unspecified atom stereocenters. The summed E-state index contributed by atoms with van der Waals surface area (Å²) >= 11 is 0. The van der Waals surface area contributed by atoms with E-state index < -0.39 is 5.97 Å². The van der Waals surface area contributed by atoms with Crippen LogP contribution < -0.4 is 11.1 Å². The molecule has 0 aliphatic carbocycles. The van der Waals surface area contributed by atoms with Gasteiger partial charge in [0.1, 0.15) is 0 Å². The molecule has 1 amide bonds. The standard InChI is InChI=1S/C13H18N2O4/c1-19-11(8-14)7-12(16)15-10-4-2-9(3-5-10)6-13(17)18/h2-5,11H,6-8,14H2,1H3,(H,15,16)(H,17,18). The van der Waals surface area contributed by atoms with Crippen LogP contribution >= 0.6 is 0 Å². The van der Waals surface area contributed by atoms with Crippen LogP contribution in [0.1, 0.15) is 12.0 Å². The number of amides is 1. The van der Waals surface area contributed by atoms with E-state index in [0.29, 0.717) is 11.3 Å². The molecule has 104 valence electrons. The molecule has 1 atom stereocenters. The first-order valence-electron chi connectivity index (χ1n) is 5.88. The molecule has 0 bridgehead atoms. The first-order chi connectivity index (χ1) is 9.05. The van der Waals surface area contributed by atoms with Crippen molar-refractivity contribution in [1.29, 1.82) is 0 Å². The molecule has 0 aromatic heterocycles. The van der Waals surface area contributed by atoms with E-state index in [1.807, 2.05) is 0 Å². The highest BCUT2D eigenvalue weighted by molar-refractivity contribution is 5.91. The van der Waals surface area contributed by atoms with E-state index >= 15 is 0 Å². The number of nitrogens with one attached hydrogen (secondary N) is 1. The first-order valence-corrected chi connectivity index (χ1v) is 5.88. The quantitative estimate of drug-likeness (QED) is 0.671. The number of nitrogens with two attached hydrogens (primary N) is 1. The van der Waals surface area contributed by atoms with E-state index in [9.17, 15) is 9.59 Å². The zero-order valence-electron chi connectivity index (χ0n) is 10.8. The van der Waals surface area contributed by atoms with Gasteiger partial charge in [0.25, 0.3) is 0 Å². The van der Waals surface area contributed by atoms with Crippen LogP contribution in [0, 0.1) is 0 Å². The summed E-state index contributed by atoms with van der Waals surface area (Å²) in [6.45, 7) is 0.279. The van der Waals surface area contributed by atoms with Crippen LogP contribution in [-0.4, -0.2) is 36.7 Å². The Hall–Kier alpha value is -1.92. The van der Waals surface area contributed by atoms with Crippen LogP contribution in [0.15, 0.2) is 24.3 Å². The SMILES string of the molecule is COC(CN)CC(=O)Nc1ccc(CC(=O)O)cc1. The van der Waals surface area contributed by atoms with Gasteiger partial charge in [-0.05, 0) is 17.7 Å². The monoisotopic (exact) mass is 266 g/mol. The average Bonchev–Trinajstić information content (AvgIpc) is 2.37. The Morgan fingerprint density at radius 1 is 1.37 bits per heavy atom. The summed E-state index contributed by atoms with van der Waals surface area (Å²) in [6.07, 6.45) is -0.150. The fourth-order valence-corrected chi connectivity index (χ4v) is 1.56. The Morgan fingerprint density at radius 2 is 2.00 bits per heavy atom. The second kappa shape index (κ2) is 7.50. The third kappa shape index (κ3) is 5.50. The van der Waals surface area contributed by atoms with Crippen molar-refractivity contribution in [2.75, 3.05) is 19.0 Å². The van der Waals surface area contributed by atoms with Crippen LogP contribution in [0.5, 0.6) is 0 Å². The number of rotatable bonds is 7. The number of ether oxygens (including phenoxy) is 1. The molecule has 0 saturated heterocycles. The van der Waals surface area contributed by atoms with E-state index in [0.717, 1.165) is 0 Å². The Balaban J connectivity index is 2.53. The van der Waals surface area contributed by atoms with Gasteiger partial charge in [-0.15, -0.1) is 0 Å². The molecule has 1 aromatic rings. The lowest BCUT2D eigenvalue weighted by atomic mass is 10.1. The largest absolute Gasteiger partial charge is 0.481 e. The van der Waals surface area contributed by atoms with Crippen molar-refractivity contribution in [3.8, 4) is 0 Å². The number of carboxylic acids is 1. The molecule has 0 aliphatic heterocycles. The molecule has 0 heterocycles. The Morgan fingerprint density at radius 3 is 2.47 bits per heavy atom. The fraction of sp³-hybridized carbons (Fsp3) is 0.385. The van der Waals surface area contributed by atoms with Gasteiger partial charge in [-0.1, -0.05) is 12.1 Å². The van der Waals surface area contributed by atoms with Crippen molar-refractivity contribution in [3.05, 3.63) is 29.8 Å². The molecule has 0 saturated carbocycles. The van der Waals surface area contributed by atoms with Gasteiger partial charge in [0, 0.05) is 19.3 Å². The lowest BCUT2D eigenvalue weighted by Crippen LogP contribution is -2.28. The van der Waals surface area contributed by atoms with Crippen molar-refractivity contribution < 1.29 is 19.4 Å². The van der Waals surface area contributed by atoms with Crippen molar-refractivity contribution in [3.63, 3.8) is 0 Å². The zero-order valence-corrected chi connectivity index (χ0v) is 10.8. The van der Waals surface area contributed by atoms with E-state index in [-0.39, 0.29) is 31.4 Å². The summed E-state index contributed by atoms with van der Waals surface area (Å²) in [7, 11) is 1.51. The number of carboxylic acid groups (broad SMARTS) is 1. The van der Waals surface area contributed by atoms with Gasteiger partial charge < -0.3 is 20.9 Å². The molecule has 1 aromatic carbocycles. The molecular weight excluding hydrogens is 248 g/mol. The van der Waals surface area contributed by atoms with Crippen LogP contribution in [0.3, 0.4) is 0 Å². The highest BCUT2D eigenvalue weighted by atomic mass is 16.5. The third-order valence-corrected chi connectivity index (χ3v) is 2.60. The number of aliphatic carboxylic acids is 1. The molecule has 0 radical (unpaired) electrons. The van der Waals surface area contributed by atoms with Crippen LogP contribution in [-0.2, 0) is 20.7 Å². The minimum Gasteiger partial charge on any atom is -0.481 e. The zero-order chi connectivity index (χ0) is 14.3. The van der Waals surface area contributed by atoms with E-state index in [4.69, 9.17) is 15.6 Å². The lowest BCUT2D eigenvalue weighted by Gasteiger charge is -2.12. The van der Waals surface area contributed by atoms with Gasteiger partial charge in [0.15, 0.2) is 0 Å². The molecule has 0 aliphatic rings. The highest BCUT2D eigenvalue weighted by Crippen LogP contribution is 2.11. The Labute approximate surface area is 111 Å². The van der Waals surface area contributed by atoms with Crippen LogP contribution in [0.25, 0.3) is 0 Å². The second-order valence-electron chi connectivity index (χ2n) is 4.11. The molecule has 6 heteroatoms. The topological polar surface area (TPSA) is 102 Å². The summed E-state index contributed by atoms with van der Waals surface area (Å²) in [4.78, 5) is 22.2. The minimum absolute atomic E-state index is 0.0346. The maximum absolute atomic E-state index is 11.7. The van der Waals surface area contributed by atoms with E-state index in [1.54, 1.807) is 24.3 Å². The number of hydrogen-bond donors (Lipinski definition) is 3. The van der Waals surface area contributed by atoms with E-state index in [2.05, 4.69) is 5.32 Å². The molecule has 4 N–H and O–H groups in total. The van der Waals surface area contributed by atoms with Gasteiger partial charge >= 0.3 is 5.97 Å². The first kappa shape index (κ1) is 15.1. The number of carbonyl (C=O) groups excluding carboxylic acids is 1. The van der Waals surface area contributed by atoms with Crippen molar-refractivity contribution >= 4 is 17.6 Å². The van der Waals surface area contributed by atoms with Crippen LogP contribution in [0.4, 0.5) is 5.69 Å². The Kier molecular flexibility index (Phi) is 5.98. The summed E-state index contributed by atoms with van der Waals surface area (Å²) in [5.74, 6) is -1.08. The molecular formula is C13H18N2O4. The Bertz CT molecular complexity index is 427. The molecule has 0 spiro atoms. The summed E-state index contributed by atoms with van der Waals surface area (Å²) in [5.41, 5.74) is 6.73. The van der Waals surface area contributed by atoms with Gasteiger partial charge in [-0.3, -0.25) is 9.59 Å². The fourth-order valence-electron chi connectivity index (χ4n) is 1.56. The third-order valence-electron chi connectivity index (χ3n) is 2.60. The minimum atomic E-state index is -0.886. The lowest BCUT2D eigenvalue weighted by molar-refractivity contribution is -0.136. The van der Waals surface area contributed by atoms with Crippen molar-refractivity contribution in [2.45, 2.75) is 18.9 Å². The predicted octanol–water partition coefficient (Wildman–Crippen LogP) is 0.616. The van der Waals surface area contributed by atoms with Crippen LogP contribution in [0.2, 0.25) is 0 Å². The molecule has 6 nitrogen and oxygen atoms in total. The maximum atomic E-state index is 11.7. The van der Waals surface area contributed by atoms with Gasteiger partial charge in [-0.2, -0.15) is 0 Å². The van der Waals surface area contributed by atoms with Gasteiger partial charge in [-0.25, -0.2) is 0 Å². The second-order valence-corrected chi connectivity index (χ2v) is 4.11. The highest BCUT2D eigenvalue weighted by Gasteiger charge is 2.11. The summed E-state index contributed by atoms with van der Waals surface area (Å²) < 4.78 is 5.02. The number of methoxy groups -OCH3 is 1. The van der Waals surface area contributed by atoms with E-state index in [1.165, 1.54) is 7.11 Å². The van der Waals surface area contributed by atoms with Gasteiger partial charge in [0.2, 0.25) is 5.91 Å². The number of hydrogen-bond acceptors (Lipinski definition) is 4. The maximum Gasteiger partial charge on any atom is 0.307 e. The smallest absolute Gasteiger partial charge is 0.307 e. The normalized spacial score (nSPS) is 11.9. The van der Waals surface area contributed by atoms with Crippen molar-refractivity contribution in [1.82, 2.24) is 0 Å². The molecule has 0 fully saturated rings. The molecule has 1 rings (SSSR count). The average molecular weight is 266 g/mol. The summed E-state index contributed by atoms with van der Waals surface area (Å²) in [6, 6.07) is 6.67. The number of carbonyl (C=O) groups is 2.